The van der Waals surface area contributed by atoms with Crippen molar-refractivity contribution in [1.29, 1.82) is 0 Å². The maximum atomic E-state index is 12.6. The second-order valence-corrected chi connectivity index (χ2v) is 5.40. The monoisotopic (exact) mass is 297 g/mol. The molecule has 0 amide bonds. The molecule has 0 spiro atoms. The van der Waals surface area contributed by atoms with Crippen LogP contribution < -0.4 is 4.74 Å². The molecule has 0 N–H and O–H groups in total. The van der Waals surface area contributed by atoms with Crippen LogP contribution in [-0.4, -0.2) is 16.7 Å². The number of benzene rings is 1. The zero-order valence-electron chi connectivity index (χ0n) is 11.2. The molecule has 21 heavy (non-hydrogen) atoms. The Hall–Kier alpha value is -2.53. The van der Waals surface area contributed by atoms with Crippen molar-refractivity contribution in [2.45, 2.75) is 6.92 Å². The molecule has 104 valence electrons. The van der Waals surface area contributed by atoms with Crippen molar-refractivity contribution < 1.29 is 14.3 Å². The first kappa shape index (κ1) is 13.5. The van der Waals surface area contributed by atoms with E-state index in [1.807, 2.05) is 6.07 Å². The molecule has 0 aliphatic rings. The minimum Gasteiger partial charge on any atom is -0.424 e. The van der Waals surface area contributed by atoms with E-state index in [0.717, 1.165) is 0 Å². The minimum absolute atomic E-state index is 0.171. The molecule has 0 saturated heterocycles. The first-order valence-corrected chi connectivity index (χ1v) is 7.14. The van der Waals surface area contributed by atoms with E-state index in [1.54, 1.807) is 42.6 Å². The van der Waals surface area contributed by atoms with Crippen LogP contribution in [0.5, 0.6) is 5.75 Å². The van der Waals surface area contributed by atoms with E-state index in [-0.39, 0.29) is 5.78 Å². The number of rotatable bonds is 3. The van der Waals surface area contributed by atoms with Crippen molar-refractivity contribution in [3.05, 3.63) is 59.1 Å². The largest absolute Gasteiger partial charge is 0.424 e. The lowest BCUT2D eigenvalue weighted by Crippen LogP contribution is -2.06. The lowest BCUT2D eigenvalue weighted by molar-refractivity contribution is -0.131. The predicted molar refractivity (Wildman–Crippen MR) is 80.8 cm³/mol. The van der Waals surface area contributed by atoms with Crippen molar-refractivity contribution >= 4 is 33.3 Å². The molecule has 0 bridgehead atoms. The van der Waals surface area contributed by atoms with E-state index in [1.165, 1.54) is 18.3 Å². The smallest absolute Gasteiger partial charge is 0.308 e. The van der Waals surface area contributed by atoms with Crippen LogP contribution in [0, 0.1) is 0 Å². The zero-order valence-corrected chi connectivity index (χ0v) is 12.0. The second kappa shape index (κ2) is 5.46. The van der Waals surface area contributed by atoms with E-state index in [9.17, 15) is 9.59 Å². The summed E-state index contributed by atoms with van der Waals surface area (Å²) in [5, 5.41) is 0.678. The third kappa shape index (κ3) is 2.55. The second-order valence-electron chi connectivity index (χ2n) is 4.41. The van der Waals surface area contributed by atoms with Gasteiger partial charge in [0.25, 0.3) is 0 Å². The Kier molecular flexibility index (Phi) is 3.50. The van der Waals surface area contributed by atoms with Crippen LogP contribution in [-0.2, 0) is 4.79 Å². The summed E-state index contributed by atoms with van der Waals surface area (Å²) in [6.45, 7) is 1.32. The Morgan fingerprint density at radius 1 is 1.10 bits per heavy atom. The Labute approximate surface area is 125 Å². The van der Waals surface area contributed by atoms with Gasteiger partial charge >= 0.3 is 5.97 Å². The first-order valence-electron chi connectivity index (χ1n) is 6.32. The Morgan fingerprint density at radius 2 is 1.86 bits per heavy atom. The molecule has 1 aromatic carbocycles. The van der Waals surface area contributed by atoms with Crippen LogP contribution in [0.1, 0.15) is 22.2 Å². The molecule has 0 atom stereocenters. The molecule has 2 heterocycles. The van der Waals surface area contributed by atoms with Gasteiger partial charge in [0.2, 0.25) is 5.78 Å². The van der Waals surface area contributed by atoms with Gasteiger partial charge in [-0.2, -0.15) is 0 Å². The lowest BCUT2D eigenvalue weighted by atomic mass is 10.1. The van der Waals surface area contributed by atoms with Gasteiger partial charge in [-0.3, -0.25) is 9.59 Å². The Morgan fingerprint density at radius 3 is 2.57 bits per heavy atom. The maximum absolute atomic E-state index is 12.6. The number of carbonyl (C=O) groups is 2. The summed E-state index contributed by atoms with van der Waals surface area (Å²) >= 11 is 1.23. The number of carbonyl (C=O) groups excluding carboxylic acids is 2. The summed E-state index contributed by atoms with van der Waals surface area (Å²) in [7, 11) is 0. The average Bonchev–Trinajstić information content (AvgIpc) is 2.86. The molecular formula is C16H11NO3S. The lowest BCUT2D eigenvalue weighted by Gasteiger charge is -2.03. The van der Waals surface area contributed by atoms with Crippen LogP contribution in [0.3, 0.4) is 0 Å². The van der Waals surface area contributed by atoms with Crippen LogP contribution in [0.4, 0.5) is 0 Å². The summed E-state index contributed by atoms with van der Waals surface area (Å²) in [5.74, 6) is -0.333. The van der Waals surface area contributed by atoms with Gasteiger partial charge in [0, 0.05) is 18.7 Å². The molecule has 2 aromatic heterocycles. The highest BCUT2D eigenvalue weighted by Crippen LogP contribution is 2.38. The maximum Gasteiger partial charge on any atom is 0.308 e. The fraction of sp³-hybridized carbons (Fsp3) is 0.0625. The summed E-state index contributed by atoms with van der Waals surface area (Å²) in [6, 6.07) is 12.4. The molecule has 0 aliphatic carbocycles. The van der Waals surface area contributed by atoms with Gasteiger partial charge < -0.3 is 4.74 Å². The standard InChI is InChI=1S/C16H11NO3S/c1-10(18)20-14-12-8-5-9-17-16(12)21-15(14)13(19)11-6-3-2-4-7-11/h2-9H,1H3. The van der Waals surface area contributed by atoms with Gasteiger partial charge in [0.15, 0.2) is 5.75 Å². The van der Waals surface area contributed by atoms with Crippen molar-refractivity contribution in [3.8, 4) is 5.75 Å². The topological polar surface area (TPSA) is 56.3 Å². The number of pyridine rings is 1. The molecule has 5 heteroatoms. The van der Waals surface area contributed by atoms with E-state index in [0.29, 0.717) is 26.4 Å². The minimum atomic E-state index is -0.458. The average molecular weight is 297 g/mol. The van der Waals surface area contributed by atoms with Crippen LogP contribution in [0.25, 0.3) is 10.2 Å². The highest BCUT2D eigenvalue weighted by atomic mass is 32.1. The third-order valence-electron chi connectivity index (χ3n) is 2.91. The van der Waals surface area contributed by atoms with Crippen LogP contribution >= 0.6 is 11.3 Å². The quantitative estimate of drug-likeness (QED) is 0.549. The van der Waals surface area contributed by atoms with Crippen molar-refractivity contribution in [2.75, 3.05) is 0 Å². The zero-order chi connectivity index (χ0) is 14.8. The van der Waals surface area contributed by atoms with Gasteiger partial charge in [0.1, 0.15) is 9.71 Å². The number of hydrogen-bond acceptors (Lipinski definition) is 5. The molecule has 3 aromatic rings. The molecule has 0 saturated carbocycles. The van der Waals surface area contributed by atoms with Crippen molar-refractivity contribution in [1.82, 2.24) is 4.98 Å². The number of nitrogens with zero attached hydrogens (tertiary/aromatic N) is 1. The summed E-state index contributed by atoms with van der Waals surface area (Å²) in [6.07, 6.45) is 1.65. The Balaban J connectivity index is 2.17. The number of thiophene rings is 1. The summed E-state index contributed by atoms with van der Waals surface area (Å²) < 4.78 is 5.25. The molecule has 0 unspecified atom stereocenters. The summed E-state index contributed by atoms with van der Waals surface area (Å²) in [4.78, 5) is 29.2. The van der Waals surface area contributed by atoms with Crippen LogP contribution in [0.2, 0.25) is 0 Å². The highest BCUT2D eigenvalue weighted by molar-refractivity contribution is 7.21. The van der Waals surface area contributed by atoms with Gasteiger partial charge in [-0.15, -0.1) is 11.3 Å². The number of hydrogen-bond donors (Lipinski definition) is 0. The predicted octanol–water partition coefficient (Wildman–Crippen LogP) is 3.45. The van der Waals surface area contributed by atoms with Gasteiger partial charge in [-0.25, -0.2) is 4.98 Å². The van der Waals surface area contributed by atoms with Crippen molar-refractivity contribution in [2.24, 2.45) is 0 Å². The van der Waals surface area contributed by atoms with Gasteiger partial charge in [-0.05, 0) is 12.1 Å². The normalized spacial score (nSPS) is 10.5. The fourth-order valence-electron chi connectivity index (χ4n) is 2.03. The molecule has 4 nitrogen and oxygen atoms in total. The number of esters is 1. The number of ether oxygens (including phenoxy) is 1. The van der Waals surface area contributed by atoms with Gasteiger partial charge in [-0.1, -0.05) is 30.3 Å². The molecular weight excluding hydrogens is 286 g/mol. The van der Waals surface area contributed by atoms with Crippen molar-refractivity contribution in [3.63, 3.8) is 0 Å². The third-order valence-corrected chi connectivity index (χ3v) is 4.00. The Bertz CT molecular complexity index is 824. The van der Waals surface area contributed by atoms with Gasteiger partial charge in [0.05, 0.1) is 5.39 Å². The number of fused-ring (bicyclic) bond motifs is 1. The summed E-state index contributed by atoms with van der Waals surface area (Å²) in [5.41, 5.74) is 0.553. The number of aromatic nitrogens is 1. The van der Waals surface area contributed by atoms with E-state index < -0.39 is 5.97 Å². The highest BCUT2D eigenvalue weighted by Gasteiger charge is 2.22. The van der Waals surface area contributed by atoms with E-state index >= 15 is 0 Å². The molecule has 0 aliphatic heterocycles. The molecule has 0 fully saturated rings. The van der Waals surface area contributed by atoms with E-state index in [2.05, 4.69) is 4.98 Å². The first-order chi connectivity index (χ1) is 10.2. The number of ketones is 1. The van der Waals surface area contributed by atoms with Crippen LogP contribution in [0.15, 0.2) is 48.7 Å². The fourth-order valence-corrected chi connectivity index (χ4v) is 3.06. The molecule has 0 radical (unpaired) electrons. The molecule has 3 rings (SSSR count). The van der Waals surface area contributed by atoms with E-state index in [4.69, 9.17) is 4.74 Å². The SMILES string of the molecule is CC(=O)Oc1c(C(=O)c2ccccc2)sc2ncccc12.